The number of esters is 2. The predicted molar refractivity (Wildman–Crippen MR) is 229 cm³/mol. The molecule has 0 N–H and O–H groups in total. The monoisotopic (exact) mass is 887 g/mol. The summed E-state index contributed by atoms with van der Waals surface area (Å²) in [6.45, 7) is 5.24. The zero-order valence-corrected chi connectivity index (χ0v) is 37.0. The molecule has 0 aromatic rings. The van der Waals surface area contributed by atoms with Gasteiger partial charge in [0.2, 0.25) is 0 Å². The molecule has 0 unspecified atom stereocenters. The van der Waals surface area contributed by atoms with Crippen molar-refractivity contribution in [1.82, 2.24) is 0 Å². The summed E-state index contributed by atoms with van der Waals surface area (Å²) in [4.78, 5) is 42.5. The summed E-state index contributed by atoms with van der Waals surface area (Å²) in [5.74, 6) is -4.00. The Labute approximate surface area is 356 Å². The van der Waals surface area contributed by atoms with Crippen molar-refractivity contribution < 1.29 is 38.9 Å². The molecule has 0 aromatic heterocycles. The van der Waals surface area contributed by atoms with Gasteiger partial charge >= 0.3 is 35.8 Å². The van der Waals surface area contributed by atoms with Crippen molar-refractivity contribution in [3.63, 3.8) is 0 Å². The smallest absolute Gasteiger partial charge is 0.545 e. The van der Waals surface area contributed by atoms with E-state index in [9.17, 15) is 29.4 Å². The molecule has 0 saturated carbocycles. The van der Waals surface area contributed by atoms with Gasteiger partial charge in [0.1, 0.15) is 0 Å². The van der Waals surface area contributed by atoms with Crippen LogP contribution in [0, 0.1) is 0 Å². The molecule has 322 valence electrons. The van der Waals surface area contributed by atoms with Crippen LogP contribution in [0.4, 0.5) is 0 Å². The molecular formula is C46H86O8Sn. The summed E-state index contributed by atoms with van der Waals surface area (Å²) in [6, 6.07) is 0. The number of rotatable bonds is 38. The number of hydrogen-bond acceptors (Lipinski definition) is 8. The molecule has 0 saturated heterocycles. The van der Waals surface area contributed by atoms with Crippen LogP contribution in [0.3, 0.4) is 0 Å². The van der Waals surface area contributed by atoms with Crippen molar-refractivity contribution in [2.75, 3.05) is 13.2 Å². The van der Waals surface area contributed by atoms with Gasteiger partial charge in [-0.05, 0) is 25.0 Å². The summed E-state index contributed by atoms with van der Waals surface area (Å²) < 4.78 is 9.79. The second-order valence-corrected chi connectivity index (χ2v) is 14.2. The average Bonchev–Trinajstić information content (AvgIpc) is 3.12. The third kappa shape index (κ3) is 61.6. The van der Waals surface area contributed by atoms with E-state index in [-0.39, 0.29) is 38.8 Å². The molecule has 0 amide bonds. The third-order valence-corrected chi connectivity index (χ3v) is 9.20. The minimum Gasteiger partial charge on any atom is -0.545 e. The van der Waals surface area contributed by atoms with Gasteiger partial charge < -0.3 is 29.3 Å². The number of unbranched alkanes of at least 4 members (excludes halogenated alkanes) is 30. The van der Waals surface area contributed by atoms with Crippen molar-refractivity contribution in [3.05, 3.63) is 24.3 Å². The zero-order valence-electron chi connectivity index (χ0n) is 34.1. The Balaban J connectivity index is -0.000000287. The molecule has 9 heteroatoms. The van der Waals surface area contributed by atoms with Gasteiger partial charge in [-0.15, -0.1) is 0 Å². The number of carboxylic acid groups (broad SMARTS) is 2. The summed E-state index contributed by atoms with van der Waals surface area (Å²) in [7, 11) is 0. The maximum Gasteiger partial charge on any atom is 2.00 e. The Bertz CT molecular complexity index is 804. The van der Waals surface area contributed by atoms with E-state index in [0.29, 0.717) is 25.4 Å². The van der Waals surface area contributed by atoms with Crippen molar-refractivity contribution in [2.24, 2.45) is 0 Å². The van der Waals surface area contributed by atoms with Gasteiger partial charge in [0.05, 0.1) is 25.2 Å². The second kappa shape index (κ2) is 54.3. The Hall–Kier alpha value is -1.84. The molecule has 2 radical (unpaired) electrons. The maximum absolute atomic E-state index is 11.1. The number of aliphatic carboxylic acids is 2. The van der Waals surface area contributed by atoms with Gasteiger partial charge in [-0.1, -0.05) is 221 Å². The largest absolute Gasteiger partial charge is 2.00 e. The van der Waals surface area contributed by atoms with E-state index in [2.05, 4.69) is 13.8 Å². The van der Waals surface area contributed by atoms with E-state index in [4.69, 9.17) is 9.47 Å². The van der Waals surface area contributed by atoms with Crippen LogP contribution in [0.5, 0.6) is 0 Å². The van der Waals surface area contributed by atoms with Gasteiger partial charge in [0.25, 0.3) is 0 Å². The summed E-state index contributed by atoms with van der Waals surface area (Å²) in [6.07, 6.45) is 44.9. The average molecular weight is 886 g/mol. The van der Waals surface area contributed by atoms with Gasteiger partial charge in [-0.3, -0.25) is 0 Å². The van der Waals surface area contributed by atoms with E-state index >= 15 is 0 Å². The molecule has 0 atom stereocenters. The molecule has 0 fully saturated rings. The van der Waals surface area contributed by atoms with Gasteiger partial charge in [-0.2, -0.15) is 0 Å². The van der Waals surface area contributed by atoms with Crippen LogP contribution in [0.1, 0.15) is 234 Å². The molecule has 0 heterocycles. The van der Waals surface area contributed by atoms with Crippen LogP contribution in [0.25, 0.3) is 0 Å². The van der Waals surface area contributed by atoms with Crippen LogP contribution in [0.2, 0.25) is 0 Å². The molecule has 0 rings (SSSR count). The normalized spacial score (nSPS) is 10.5. The fourth-order valence-corrected chi connectivity index (χ4v) is 6.01. The number of hydrogen-bond donors (Lipinski definition) is 0. The van der Waals surface area contributed by atoms with E-state index in [0.717, 1.165) is 37.8 Å². The number of carbonyl (C=O) groups excluding carboxylic acids is 4. The molecule has 55 heavy (non-hydrogen) atoms. The van der Waals surface area contributed by atoms with Gasteiger partial charge in [-0.25, -0.2) is 9.59 Å². The topological polar surface area (TPSA) is 133 Å². The second-order valence-electron chi connectivity index (χ2n) is 14.2. The Morgan fingerprint density at radius 1 is 0.345 bits per heavy atom. The zero-order chi connectivity index (χ0) is 38.6. The maximum atomic E-state index is 11.1. The van der Waals surface area contributed by atoms with Crippen LogP contribution in [-0.4, -0.2) is 61.0 Å². The summed E-state index contributed by atoms with van der Waals surface area (Å²) >= 11 is 0. The minimum absolute atomic E-state index is 0. The first-order valence-corrected chi connectivity index (χ1v) is 21.4. The first kappa shape index (κ1) is 62.4. The minimum atomic E-state index is -1.38. The molecule has 0 aliphatic heterocycles. The van der Waals surface area contributed by atoms with E-state index in [1.165, 1.54) is 180 Å². The number of carboxylic acids is 2. The van der Waals surface area contributed by atoms with E-state index in [1.807, 2.05) is 0 Å². The van der Waals surface area contributed by atoms with Crippen LogP contribution in [0.15, 0.2) is 24.3 Å². The van der Waals surface area contributed by atoms with Gasteiger partial charge in [0, 0.05) is 12.2 Å². The SMILES string of the molecule is C.C.CCCCCCCCCCCCCCCCCCOC(=O)/C=C\C(=O)[O-].CCCCCCCCCCCCCCCCCCOC(=O)/C=C\C(=O)[O-].[Sn+2]. The van der Waals surface area contributed by atoms with Crippen molar-refractivity contribution in [2.45, 2.75) is 234 Å². The predicted octanol–water partition coefficient (Wildman–Crippen LogP) is 11.1. The van der Waals surface area contributed by atoms with Crippen LogP contribution >= 0.6 is 0 Å². The third-order valence-electron chi connectivity index (χ3n) is 9.20. The first-order valence-electron chi connectivity index (χ1n) is 21.4. The number of carbonyl (C=O) groups is 4. The van der Waals surface area contributed by atoms with Crippen molar-refractivity contribution >= 4 is 47.8 Å². The molecular weight excluding hydrogens is 799 g/mol. The quantitative estimate of drug-likeness (QED) is 0.0259. The van der Waals surface area contributed by atoms with Crippen LogP contribution < -0.4 is 10.2 Å². The molecule has 0 bridgehead atoms. The number of ether oxygens (including phenoxy) is 2. The molecule has 0 aliphatic rings. The standard InChI is InChI=1S/2C22H40O4.2CH4.Sn/c2*1-2-3-4-5-6-7-8-9-10-11-12-13-14-15-16-17-20-26-22(25)19-18-21(23)24;;;/h2*18-19H,2-17,20H2,1H3,(H,23,24);2*1H4;/q;;;;+2/p-2/b2*19-18-;;;. The first-order chi connectivity index (χ1) is 25.3. The van der Waals surface area contributed by atoms with Gasteiger partial charge in [0.15, 0.2) is 0 Å². The fourth-order valence-electron chi connectivity index (χ4n) is 6.01. The van der Waals surface area contributed by atoms with E-state index < -0.39 is 23.9 Å². The molecule has 8 nitrogen and oxygen atoms in total. The van der Waals surface area contributed by atoms with Crippen molar-refractivity contribution in [3.8, 4) is 0 Å². The summed E-state index contributed by atoms with van der Waals surface area (Å²) in [5, 5.41) is 20.3. The van der Waals surface area contributed by atoms with Crippen LogP contribution in [-0.2, 0) is 28.7 Å². The fraction of sp³-hybridized carbons (Fsp3) is 0.826. The Kier molecular flexibility index (Phi) is 61.5. The Morgan fingerprint density at radius 3 is 0.709 bits per heavy atom. The Morgan fingerprint density at radius 2 is 0.527 bits per heavy atom. The molecule has 0 aromatic carbocycles. The summed E-state index contributed by atoms with van der Waals surface area (Å²) in [5.41, 5.74) is 0. The van der Waals surface area contributed by atoms with Crippen molar-refractivity contribution in [1.29, 1.82) is 0 Å². The molecule has 0 aliphatic carbocycles. The van der Waals surface area contributed by atoms with E-state index in [1.54, 1.807) is 0 Å². The molecule has 0 spiro atoms.